The van der Waals surface area contributed by atoms with Crippen LogP contribution in [0.2, 0.25) is 0 Å². The van der Waals surface area contributed by atoms with Gasteiger partial charge in [-0.25, -0.2) is 0 Å². The fourth-order valence-corrected chi connectivity index (χ4v) is 4.36. The normalized spacial score (nSPS) is 39.8. The Hall–Kier alpha value is 0.440. The molecule has 16 heavy (non-hydrogen) atoms. The van der Waals surface area contributed by atoms with Gasteiger partial charge in [-0.3, -0.25) is 4.90 Å². The lowest BCUT2D eigenvalue weighted by atomic mass is 9.69. The van der Waals surface area contributed by atoms with Crippen molar-refractivity contribution in [3.8, 4) is 0 Å². The van der Waals surface area contributed by atoms with E-state index in [2.05, 4.69) is 41.3 Å². The maximum atomic E-state index is 3.80. The molecule has 1 radical (unpaired) electrons. The molecule has 2 heteroatoms. The number of hydrogen-bond acceptors (Lipinski definition) is 1. The molecule has 2 fully saturated rings. The Balaban J connectivity index is 1.85. The SMILES string of the molecule is CC[CH]N(C)C1CCC2CC(Br)CCC2C1. The highest BCUT2D eigenvalue weighted by molar-refractivity contribution is 9.09. The molecular weight excluding hydrogens is 262 g/mol. The van der Waals surface area contributed by atoms with Gasteiger partial charge in [-0.05, 0) is 63.8 Å². The van der Waals surface area contributed by atoms with Crippen LogP contribution in [0.25, 0.3) is 0 Å². The van der Waals surface area contributed by atoms with Crippen molar-refractivity contribution in [3.05, 3.63) is 6.54 Å². The third-order valence-corrected chi connectivity index (χ3v) is 5.40. The van der Waals surface area contributed by atoms with E-state index in [1.807, 2.05) is 0 Å². The van der Waals surface area contributed by atoms with Crippen LogP contribution in [-0.4, -0.2) is 22.8 Å². The van der Waals surface area contributed by atoms with Crippen molar-refractivity contribution in [2.75, 3.05) is 7.05 Å². The monoisotopic (exact) mass is 286 g/mol. The first-order chi connectivity index (χ1) is 7.70. The van der Waals surface area contributed by atoms with Crippen LogP contribution in [0, 0.1) is 18.4 Å². The molecule has 0 aliphatic heterocycles. The summed E-state index contributed by atoms with van der Waals surface area (Å²) in [6, 6.07) is 0.827. The van der Waals surface area contributed by atoms with Gasteiger partial charge in [0.25, 0.3) is 0 Å². The fraction of sp³-hybridized carbons (Fsp3) is 0.929. The van der Waals surface area contributed by atoms with Crippen LogP contribution in [0.1, 0.15) is 51.9 Å². The molecule has 93 valence electrons. The molecule has 0 aromatic carbocycles. The van der Waals surface area contributed by atoms with Crippen molar-refractivity contribution < 1.29 is 0 Å². The second-order valence-corrected chi connectivity index (χ2v) is 6.95. The summed E-state index contributed by atoms with van der Waals surface area (Å²) in [4.78, 5) is 3.29. The van der Waals surface area contributed by atoms with E-state index in [-0.39, 0.29) is 0 Å². The zero-order chi connectivity index (χ0) is 11.5. The molecule has 0 aromatic heterocycles. The third-order valence-electron chi connectivity index (χ3n) is 4.57. The van der Waals surface area contributed by atoms with E-state index in [0.29, 0.717) is 0 Å². The van der Waals surface area contributed by atoms with E-state index in [1.165, 1.54) is 44.9 Å². The van der Waals surface area contributed by atoms with Crippen LogP contribution in [0.5, 0.6) is 0 Å². The van der Waals surface area contributed by atoms with Crippen molar-refractivity contribution in [2.24, 2.45) is 11.8 Å². The van der Waals surface area contributed by atoms with Crippen LogP contribution in [0.4, 0.5) is 0 Å². The molecular formula is C14H25BrN. The second-order valence-electron chi connectivity index (χ2n) is 5.65. The van der Waals surface area contributed by atoms with Crippen LogP contribution in [0.15, 0.2) is 0 Å². The average molecular weight is 287 g/mol. The fourth-order valence-electron chi connectivity index (χ4n) is 3.61. The molecule has 0 saturated heterocycles. The van der Waals surface area contributed by atoms with Gasteiger partial charge in [0.2, 0.25) is 0 Å². The highest BCUT2D eigenvalue weighted by Crippen LogP contribution is 2.43. The maximum absolute atomic E-state index is 3.80. The molecule has 0 heterocycles. The van der Waals surface area contributed by atoms with Gasteiger partial charge < -0.3 is 0 Å². The summed E-state index contributed by atoms with van der Waals surface area (Å²) in [6.07, 6.45) is 9.76. The van der Waals surface area contributed by atoms with Gasteiger partial charge >= 0.3 is 0 Å². The van der Waals surface area contributed by atoms with Gasteiger partial charge in [-0.2, -0.15) is 0 Å². The summed E-state index contributed by atoms with van der Waals surface area (Å²) < 4.78 is 0. The van der Waals surface area contributed by atoms with E-state index in [4.69, 9.17) is 0 Å². The van der Waals surface area contributed by atoms with Gasteiger partial charge in [-0.15, -0.1) is 0 Å². The summed E-state index contributed by atoms with van der Waals surface area (Å²) in [7, 11) is 2.27. The predicted octanol–water partition coefficient (Wildman–Crippen LogP) is 4.22. The summed E-state index contributed by atoms with van der Waals surface area (Å²) in [5, 5.41) is 0. The molecule has 2 aliphatic rings. The summed E-state index contributed by atoms with van der Waals surface area (Å²) in [6.45, 7) is 4.60. The van der Waals surface area contributed by atoms with E-state index in [0.717, 1.165) is 22.7 Å². The Kier molecular flexibility index (Phi) is 4.72. The Bertz CT molecular complexity index is 219. The number of hydrogen-bond donors (Lipinski definition) is 0. The zero-order valence-electron chi connectivity index (χ0n) is 10.7. The van der Waals surface area contributed by atoms with E-state index < -0.39 is 0 Å². The number of fused-ring (bicyclic) bond motifs is 1. The lowest BCUT2D eigenvalue weighted by Gasteiger charge is -2.43. The topological polar surface area (TPSA) is 3.24 Å². The van der Waals surface area contributed by atoms with Crippen molar-refractivity contribution in [3.63, 3.8) is 0 Å². The molecule has 0 spiro atoms. The van der Waals surface area contributed by atoms with E-state index in [1.54, 1.807) is 0 Å². The Morgan fingerprint density at radius 3 is 2.56 bits per heavy atom. The Morgan fingerprint density at radius 2 is 1.81 bits per heavy atom. The molecule has 0 bridgehead atoms. The predicted molar refractivity (Wildman–Crippen MR) is 73.5 cm³/mol. The molecule has 2 saturated carbocycles. The molecule has 4 unspecified atom stereocenters. The minimum Gasteiger partial charge on any atom is -0.299 e. The quantitative estimate of drug-likeness (QED) is 0.702. The summed E-state index contributed by atoms with van der Waals surface area (Å²) >= 11 is 3.80. The van der Waals surface area contributed by atoms with Gasteiger partial charge in [-0.1, -0.05) is 22.9 Å². The second kappa shape index (κ2) is 5.86. The number of nitrogens with zero attached hydrogens (tertiary/aromatic N) is 1. The number of rotatable bonds is 3. The van der Waals surface area contributed by atoms with Crippen LogP contribution in [-0.2, 0) is 0 Å². The van der Waals surface area contributed by atoms with Crippen molar-refractivity contribution in [2.45, 2.75) is 62.7 Å². The number of alkyl halides is 1. The van der Waals surface area contributed by atoms with Crippen LogP contribution < -0.4 is 0 Å². The van der Waals surface area contributed by atoms with Gasteiger partial charge in [0.15, 0.2) is 0 Å². The molecule has 0 amide bonds. The number of halogens is 1. The van der Waals surface area contributed by atoms with Crippen molar-refractivity contribution >= 4 is 15.9 Å². The van der Waals surface area contributed by atoms with Crippen molar-refractivity contribution in [1.29, 1.82) is 0 Å². The molecule has 2 aliphatic carbocycles. The van der Waals surface area contributed by atoms with Gasteiger partial charge in [0.1, 0.15) is 0 Å². The third kappa shape index (κ3) is 3.01. The minimum absolute atomic E-state index is 0.810. The lowest BCUT2D eigenvalue weighted by Crippen LogP contribution is -2.40. The summed E-state index contributed by atoms with van der Waals surface area (Å²) in [5.41, 5.74) is 0. The van der Waals surface area contributed by atoms with Gasteiger partial charge in [0.05, 0.1) is 0 Å². The first-order valence-electron chi connectivity index (χ1n) is 6.90. The Labute approximate surface area is 109 Å². The summed E-state index contributed by atoms with van der Waals surface area (Å²) in [5.74, 6) is 2.03. The minimum atomic E-state index is 0.810. The first kappa shape index (κ1) is 12.9. The molecule has 4 atom stereocenters. The van der Waals surface area contributed by atoms with Crippen LogP contribution in [0.3, 0.4) is 0 Å². The van der Waals surface area contributed by atoms with Crippen molar-refractivity contribution in [1.82, 2.24) is 4.90 Å². The van der Waals surface area contributed by atoms with Crippen LogP contribution >= 0.6 is 15.9 Å². The first-order valence-corrected chi connectivity index (χ1v) is 7.81. The maximum Gasteiger partial charge on any atom is 0.0248 e. The molecule has 1 nitrogen and oxygen atoms in total. The zero-order valence-corrected chi connectivity index (χ0v) is 12.2. The standard InChI is InChI=1S/C14H25BrN/c1-3-8-16(2)14-7-5-11-9-13(15)6-4-12(11)10-14/h8,11-14H,3-7,9-10H2,1-2H3. The lowest BCUT2D eigenvalue weighted by molar-refractivity contribution is 0.104. The average Bonchev–Trinajstić information content (AvgIpc) is 2.28. The van der Waals surface area contributed by atoms with E-state index in [9.17, 15) is 0 Å². The largest absolute Gasteiger partial charge is 0.299 e. The highest BCUT2D eigenvalue weighted by Gasteiger charge is 2.35. The smallest absolute Gasteiger partial charge is 0.0248 e. The van der Waals surface area contributed by atoms with Gasteiger partial charge in [0, 0.05) is 17.4 Å². The van der Waals surface area contributed by atoms with E-state index >= 15 is 0 Å². The Morgan fingerprint density at radius 1 is 1.12 bits per heavy atom. The molecule has 2 rings (SSSR count). The molecule has 0 N–H and O–H groups in total. The highest BCUT2D eigenvalue weighted by atomic mass is 79.9. The molecule has 0 aromatic rings.